The summed E-state index contributed by atoms with van der Waals surface area (Å²) >= 11 is 0. The Bertz CT molecular complexity index is 911. The van der Waals surface area contributed by atoms with Crippen LogP contribution in [-0.2, 0) is 19.8 Å². The van der Waals surface area contributed by atoms with Crippen molar-refractivity contribution in [2.45, 2.75) is 44.6 Å². The summed E-state index contributed by atoms with van der Waals surface area (Å²) in [5, 5.41) is 5.46. The molecule has 30 heavy (non-hydrogen) atoms. The topological polar surface area (TPSA) is 78.5 Å². The number of hydrogen-bond donors (Lipinski definition) is 2. The SMILES string of the molecule is CCN(C)C(C(=O)Nc1ccc(C2(CC)CCC(=O)NC2=O)cc1)c1ccccc1. The van der Waals surface area contributed by atoms with E-state index in [9.17, 15) is 14.4 Å². The van der Waals surface area contributed by atoms with Gasteiger partial charge in [0.15, 0.2) is 0 Å². The second kappa shape index (κ2) is 9.22. The maximum atomic E-state index is 13.1. The average Bonchev–Trinajstić information content (AvgIpc) is 2.76. The van der Waals surface area contributed by atoms with Crippen molar-refractivity contribution in [3.05, 3.63) is 65.7 Å². The molecule has 0 aromatic heterocycles. The van der Waals surface area contributed by atoms with E-state index in [0.29, 0.717) is 24.9 Å². The van der Waals surface area contributed by atoms with Crippen LogP contribution in [0.15, 0.2) is 54.6 Å². The highest BCUT2D eigenvalue weighted by Gasteiger charge is 2.42. The van der Waals surface area contributed by atoms with Gasteiger partial charge in [0.05, 0.1) is 5.41 Å². The Morgan fingerprint density at radius 3 is 2.33 bits per heavy atom. The van der Waals surface area contributed by atoms with Crippen molar-refractivity contribution in [3.8, 4) is 0 Å². The van der Waals surface area contributed by atoms with E-state index in [2.05, 4.69) is 10.6 Å². The maximum Gasteiger partial charge on any atom is 0.246 e. The van der Waals surface area contributed by atoms with Crippen molar-refractivity contribution >= 4 is 23.4 Å². The molecule has 0 radical (unpaired) electrons. The number of rotatable bonds is 7. The number of imide groups is 1. The molecular formula is C24H29N3O3. The van der Waals surface area contributed by atoms with Gasteiger partial charge in [0.25, 0.3) is 0 Å². The Morgan fingerprint density at radius 2 is 1.77 bits per heavy atom. The normalized spacial score (nSPS) is 20.0. The maximum absolute atomic E-state index is 13.1. The number of carbonyl (C=O) groups excluding carboxylic acids is 3. The zero-order valence-electron chi connectivity index (χ0n) is 17.8. The van der Waals surface area contributed by atoms with E-state index < -0.39 is 11.5 Å². The summed E-state index contributed by atoms with van der Waals surface area (Å²) in [7, 11) is 1.92. The molecule has 0 aliphatic carbocycles. The van der Waals surface area contributed by atoms with Crippen LogP contribution in [0.4, 0.5) is 5.69 Å². The largest absolute Gasteiger partial charge is 0.324 e. The minimum atomic E-state index is -0.703. The first-order valence-electron chi connectivity index (χ1n) is 10.4. The van der Waals surface area contributed by atoms with Gasteiger partial charge in [-0.2, -0.15) is 0 Å². The lowest BCUT2D eigenvalue weighted by molar-refractivity contribution is -0.138. The summed E-state index contributed by atoms with van der Waals surface area (Å²) in [6, 6.07) is 16.7. The molecule has 2 N–H and O–H groups in total. The molecule has 0 spiro atoms. The van der Waals surface area contributed by atoms with Gasteiger partial charge < -0.3 is 5.32 Å². The van der Waals surface area contributed by atoms with Crippen molar-refractivity contribution in [2.24, 2.45) is 0 Å². The van der Waals surface area contributed by atoms with Gasteiger partial charge in [-0.3, -0.25) is 24.6 Å². The van der Waals surface area contributed by atoms with Crippen LogP contribution in [0.5, 0.6) is 0 Å². The average molecular weight is 408 g/mol. The smallest absolute Gasteiger partial charge is 0.246 e. The highest BCUT2D eigenvalue weighted by molar-refractivity contribution is 6.03. The second-order valence-corrected chi connectivity index (χ2v) is 7.77. The molecule has 158 valence electrons. The van der Waals surface area contributed by atoms with Crippen molar-refractivity contribution in [3.63, 3.8) is 0 Å². The number of nitrogens with zero attached hydrogens (tertiary/aromatic N) is 1. The van der Waals surface area contributed by atoms with E-state index in [-0.39, 0.29) is 17.7 Å². The van der Waals surface area contributed by atoms with E-state index in [1.54, 1.807) is 0 Å². The zero-order valence-corrected chi connectivity index (χ0v) is 17.8. The number of hydrogen-bond acceptors (Lipinski definition) is 4. The summed E-state index contributed by atoms with van der Waals surface area (Å²) in [6.07, 6.45) is 1.44. The van der Waals surface area contributed by atoms with Crippen molar-refractivity contribution in [1.82, 2.24) is 10.2 Å². The van der Waals surface area contributed by atoms with Gasteiger partial charge in [0, 0.05) is 12.1 Å². The van der Waals surface area contributed by atoms with Gasteiger partial charge in [-0.1, -0.05) is 56.3 Å². The minimum absolute atomic E-state index is 0.107. The van der Waals surface area contributed by atoms with Crippen LogP contribution < -0.4 is 10.6 Å². The second-order valence-electron chi connectivity index (χ2n) is 7.77. The molecule has 6 nitrogen and oxygen atoms in total. The summed E-state index contributed by atoms with van der Waals surface area (Å²) in [6.45, 7) is 4.71. The lowest BCUT2D eigenvalue weighted by Crippen LogP contribution is -2.51. The number of piperidine rings is 1. The molecule has 2 unspecified atom stereocenters. The van der Waals surface area contributed by atoms with Crippen LogP contribution in [0.25, 0.3) is 0 Å². The third-order valence-corrected chi connectivity index (χ3v) is 6.08. The van der Waals surface area contributed by atoms with Gasteiger partial charge in [-0.05, 0) is 49.7 Å². The standard InChI is InChI=1S/C24H29N3O3/c1-4-24(16-15-20(28)26-23(24)30)18-11-13-19(14-12-18)25-22(29)21(27(3)5-2)17-9-7-6-8-10-17/h6-14,21H,4-5,15-16H2,1-3H3,(H,25,29)(H,26,28,30). The molecule has 0 saturated carbocycles. The fraction of sp³-hybridized carbons (Fsp3) is 0.375. The number of carbonyl (C=O) groups is 3. The number of amides is 3. The van der Waals surface area contributed by atoms with E-state index in [0.717, 1.165) is 17.7 Å². The molecule has 2 aromatic rings. The number of likely N-dealkylation sites (N-methyl/N-ethyl adjacent to an activating group) is 1. The lowest BCUT2D eigenvalue weighted by atomic mass is 9.72. The van der Waals surface area contributed by atoms with Crippen LogP contribution >= 0.6 is 0 Å². The molecular weight excluding hydrogens is 378 g/mol. The fourth-order valence-corrected chi connectivity index (χ4v) is 4.07. The molecule has 1 saturated heterocycles. The molecule has 1 fully saturated rings. The molecule has 0 bridgehead atoms. The minimum Gasteiger partial charge on any atom is -0.324 e. The highest BCUT2D eigenvalue weighted by Crippen LogP contribution is 2.36. The molecule has 1 heterocycles. The van der Waals surface area contributed by atoms with Crippen LogP contribution in [0, 0.1) is 0 Å². The highest BCUT2D eigenvalue weighted by atomic mass is 16.2. The molecule has 2 atom stereocenters. The van der Waals surface area contributed by atoms with Gasteiger partial charge in [0.1, 0.15) is 6.04 Å². The van der Waals surface area contributed by atoms with E-state index in [4.69, 9.17) is 0 Å². The van der Waals surface area contributed by atoms with Crippen LogP contribution in [-0.4, -0.2) is 36.2 Å². The van der Waals surface area contributed by atoms with E-state index in [1.165, 1.54) is 0 Å². The summed E-state index contributed by atoms with van der Waals surface area (Å²) in [5.41, 5.74) is 1.77. The quantitative estimate of drug-likeness (QED) is 0.690. The molecule has 3 amide bonds. The van der Waals surface area contributed by atoms with Crippen molar-refractivity contribution in [1.29, 1.82) is 0 Å². The monoisotopic (exact) mass is 407 g/mol. The summed E-state index contributed by atoms with van der Waals surface area (Å²) in [5.74, 6) is -0.573. The Labute approximate surface area is 177 Å². The Kier molecular flexibility index (Phi) is 6.67. The zero-order chi connectivity index (χ0) is 21.7. The third kappa shape index (κ3) is 4.28. The summed E-state index contributed by atoms with van der Waals surface area (Å²) in [4.78, 5) is 39.2. The first kappa shape index (κ1) is 21.7. The van der Waals surface area contributed by atoms with Gasteiger partial charge in [0.2, 0.25) is 17.7 Å². The van der Waals surface area contributed by atoms with Gasteiger partial charge in [-0.15, -0.1) is 0 Å². The van der Waals surface area contributed by atoms with E-state index >= 15 is 0 Å². The van der Waals surface area contributed by atoms with Crippen molar-refractivity contribution < 1.29 is 14.4 Å². The predicted octanol–water partition coefficient (Wildman–Crippen LogP) is 3.40. The van der Waals surface area contributed by atoms with Crippen LogP contribution in [0.1, 0.15) is 50.3 Å². The molecule has 1 aliphatic heterocycles. The number of anilines is 1. The summed E-state index contributed by atoms with van der Waals surface area (Å²) < 4.78 is 0. The Morgan fingerprint density at radius 1 is 1.10 bits per heavy atom. The Balaban J connectivity index is 1.80. The number of nitrogens with one attached hydrogen (secondary N) is 2. The number of benzene rings is 2. The first-order chi connectivity index (χ1) is 14.4. The van der Waals surface area contributed by atoms with Crippen LogP contribution in [0.2, 0.25) is 0 Å². The van der Waals surface area contributed by atoms with Gasteiger partial charge >= 0.3 is 0 Å². The first-order valence-corrected chi connectivity index (χ1v) is 10.4. The fourth-order valence-electron chi connectivity index (χ4n) is 4.07. The molecule has 3 rings (SSSR count). The van der Waals surface area contributed by atoms with Gasteiger partial charge in [-0.25, -0.2) is 0 Å². The van der Waals surface area contributed by atoms with E-state index in [1.807, 2.05) is 80.4 Å². The van der Waals surface area contributed by atoms with Crippen molar-refractivity contribution in [2.75, 3.05) is 18.9 Å². The predicted molar refractivity (Wildman–Crippen MR) is 117 cm³/mol. The Hall–Kier alpha value is -2.99. The lowest BCUT2D eigenvalue weighted by Gasteiger charge is -2.35. The molecule has 1 aliphatic rings. The molecule has 6 heteroatoms. The third-order valence-electron chi connectivity index (χ3n) is 6.08. The van der Waals surface area contributed by atoms with Crippen LogP contribution in [0.3, 0.4) is 0 Å². The molecule has 2 aromatic carbocycles.